The minimum Gasteiger partial charge on any atom is -0.409 e. The Hall–Kier alpha value is -2.95. The maximum absolute atomic E-state index is 12.3. The summed E-state index contributed by atoms with van der Waals surface area (Å²) in [6, 6.07) is 13.2. The molecule has 1 aromatic carbocycles. The van der Waals surface area contributed by atoms with Crippen LogP contribution in [0.15, 0.2) is 54.9 Å². The van der Waals surface area contributed by atoms with Gasteiger partial charge in [0, 0.05) is 42.5 Å². The van der Waals surface area contributed by atoms with Crippen LogP contribution < -0.4 is 4.74 Å². The second-order valence-corrected chi connectivity index (χ2v) is 5.30. The van der Waals surface area contributed by atoms with Gasteiger partial charge in [0.1, 0.15) is 5.75 Å². The minimum atomic E-state index is -0.350. The van der Waals surface area contributed by atoms with Crippen molar-refractivity contribution in [1.82, 2.24) is 14.9 Å². The van der Waals surface area contributed by atoms with Crippen molar-refractivity contribution < 1.29 is 9.53 Å². The molecule has 24 heavy (non-hydrogen) atoms. The predicted octanol–water partition coefficient (Wildman–Crippen LogP) is 4.14. The number of benzene rings is 1. The Morgan fingerprint density at radius 1 is 1.08 bits per heavy atom. The molecule has 0 radical (unpaired) electrons. The lowest BCUT2D eigenvalue weighted by molar-refractivity contribution is 0.158. The van der Waals surface area contributed by atoms with Crippen molar-refractivity contribution in [2.24, 2.45) is 0 Å². The number of aromatic nitrogens is 2. The van der Waals surface area contributed by atoms with E-state index in [2.05, 4.69) is 9.97 Å². The van der Waals surface area contributed by atoms with Crippen LogP contribution in [0.2, 0.25) is 0 Å². The number of carbonyl (C=O) groups is 1. The van der Waals surface area contributed by atoms with E-state index >= 15 is 0 Å². The fourth-order valence-electron chi connectivity index (χ4n) is 2.54. The molecule has 0 saturated heterocycles. The summed E-state index contributed by atoms with van der Waals surface area (Å²) >= 11 is 0. The van der Waals surface area contributed by atoms with Gasteiger partial charge in [0.2, 0.25) is 0 Å². The fourth-order valence-corrected chi connectivity index (χ4v) is 2.54. The second-order valence-electron chi connectivity index (χ2n) is 5.30. The Balaban J connectivity index is 2.07. The Labute approximate surface area is 140 Å². The lowest BCUT2D eigenvalue weighted by Crippen LogP contribution is -2.33. The van der Waals surface area contributed by atoms with Crippen molar-refractivity contribution >= 4 is 17.0 Å². The first-order valence-corrected chi connectivity index (χ1v) is 7.99. The highest BCUT2D eigenvalue weighted by Gasteiger charge is 2.15. The molecule has 122 valence electrons. The first kappa shape index (κ1) is 15.9. The molecule has 0 bridgehead atoms. The van der Waals surface area contributed by atoms with Crippen molar-refractivity contribution in [1.29, 1.82) is 0 Å². The van der Waals surface area contributed by atoms with E-state index in [-0.39, 0.29) is 6.09 Å². The van der Waals surface area contributed by atoms with Crippen LogP contribution in [0.1, 0.15) is 13.8 Å². The number of carbonyl (C=O) groups excluding carboxylic acids is 1. The summed E-state index contributed by atoms with van der Waals surface area (Å²) in [5, 5.41) is 0.816. The fraction of sp³-hybridized carbons (Fsp3) is 0.211. The summed E-state index contributed by atoms with van der Waals surface area (Å²) in [5.74, 6) is 0.518. The summed E-state index contributed by atoms with van der Waals surface area (Å²) in [7, 11) is 0. The van der Waals surface area contributed by atoms with E-state index in [0.717, 1.165) is 22.2 Å². The van der Waals surface area contributed by atoms with Crippen molar-refractivity contribution in [2.45, 2.75) is 13.8 Å². The van der Waals surface area contributed by atoms with Crippen LogP contribution in [0.5, 0.6) is 5.75 Å². The van der Waals surface area contributed by atoms with Gasteiger partial charge < -0.3 is 9.64 Å². The molecule has 2 aromatic heterocycles. The van der Waals surface area contributed by atoms with Gasteiger partial charge in [-0.15, -0.1) is 0 Å². The number of nitrogens with zero attached hydrogens (tertiary/aromatic N) is 3. The molecule has 3 aromatic rings. The molecule has 0 spiro atoms. The molecule has 0 aliphatic rings. The van der Waals surface area contributed by atoms with Gasteiger partial charge in [0.05, 0.1) is 11.2 Å². The van der Waals surface area contributed by atoms with E-state index < -0.39 is 0 Å². The summed E-state index contributed by atoms with van der Waals surface area (Å²) in [6.45, 7) is 5.07. The summed E-state index contributed by atoms with van der Waals surface area (Å²) in [6.07, 6.45) is 3.08. The van der Waals surface area contributed by atoms with Gasteiger partial charge in [0.15, 0.2) is 0 Å². The summed E-state index contributed by atoms with van der Waals surface area (Å²) in [4.78, 5) is 22.7. The molecule has 0 unspecified atom stereocenters. The van der Waals surface area contributed by atoms with Crippen LogP contribution in [-0.4, -0.2) is 34.1 Å². The molecule has 3 rings (SSSR count). The average molecular weight is 321 g/mol. The summed E-state index contributed by atoms with van der Waals surface area (Å²) in [5.41, 5.74) is 2.46. The smallest absolute Gasteiger partial charge is 0.409 e. The molecule has 0 aliphatic carbocycles. The molecule has 0 saturated carbocycles. The highest BCUT2D eigenvalue weighted by Crippen LogP contribution is 2.30. The molecule has 5 nitrogen and oxygen atoms in total. The topological polar surface area (TPSA) is 55.3 Å². The number of hydrogen-bond donors (Lipinski definition) is 0. The van der Waals surface area contributed by atoms with Gasteiger partial charge in [0.25, 0.3) is 0 Å². The second kappa shape index (κ2) is 7.08. The zero-order valence-corrected chi connectivity index (χ0v) is 13.8. The molecule has 0 atom stereocenters. The Bertz CT molecular complexity index is 846. The molecule has 5 heteroatoms. The van der Waals surface area contributed by atoms with Crippen molar-refractivity contribution in [2.75, 3.05) is 13.1 Å². The standard InChI is InChI=1S/C19H19N3O2/c1-3-22(4-2)19(23)24-18-13-17(14-9-11-20-12-10-14)21-16-8-6-5-7-15(16)18/h5-13H,3-4H2,1-2H3. The maximum atomic E-state index is 12.3. The minimum absolute atomic E-state index is 0.350. The van der Waals surface area contributed by atoms with Crippen LogP contribution in [0.25, 0.3) is 22.2 Å². The van der Waals surface area contributed by atoms with Crippen LogP contribution in [0.4, 0.5) is 4.79 Å². The van der Waals surface area contributed by atoms with E-state index in [4.69, 9.17) is 4.74 Å². The average Bonchev–Trinajstić information content (AvgIpc) is 2.63. The van der Waals surface area contributed by atoms with Gasteiger partial charge in [-0.25, -0.2) is 9.78 Å². The monoisotopic (exact) mass is 321 g/mol. The Kier molecular flexibility index (Phi) is 4.70. The molecule has 2 heterocycles. The molecular weight excluding hydrogens is 302 g/mol. The third kappa shape index (κ3) is 3.20. The van der Waals surface area contributed by atoms with Gasteiger partial charge in [-0.1, -0.05) is 12.1 Å². The highest BCUT2D eigenvalue weighted by molar-refractivity contribution is 5.90. The third-order valence-corrected chi connectivity index (χ3v) is 3.87. The van der Waals surface area contributed by atoms with Crippen molar-refractivity contribution in [3.63, 3.8) is 0 Å². The van der Waals surface area contributed by atoms with Gasteiger partial charge >= 0.3 is 6.09 Å². The van der Waals surface area contributed by atoms with Gasteiger partial charge in [-0.05, 0) is 38.1 Å². The SMILES string of the molecule is CCN(CC)C(=O)Oc1cc(-c2ccncc2)nc2ccccc12. The number of ether oxygens (including phenoxy) is 1. The summed E-state index contributed by atoms with van der Waals surface area (Å²) < 4.78 is 5.67. The van der Waals surface area contributed by atoms with Crippen LogP contribution >= 0.6 is 0 Å². The van der Waals surface area contributed by atoms with E-state index in [9.17, 15) is 4.79 Å². The van der Waals surface area contributed by atoms with Crippen LogP contribution in [0, 0.1) is 0 Å². The zero-order chi connectivity index (χ0) is 16.9. The number of hydrogen-bond acceptors (Lipinski definition) is 4. The number of para-hydroxylation sites is 1. The van der Waals surface area contributed by atoms with Gasteiger partial charge in [-0.2, -0.15) is 0 Å². The first-order chi connectivity index (χ1) is 11.7. The van der Waals surface area contributed by atoms with Crippen molar-refractivity contribution in [3.8, 4) is 17.0 Å². The lowest BCUT2D eigenvalue weighted by Gasteiger charge is -2.19. The lowest BCUT2D eigenvalue weighted by atomic mass is 10.1. The third-order valence-electron chi connectivity index (χ3n) is 3.87. The van der Waals surface area contributed by atoms with Crippen molar-refractivity contribution in [3.05, 3.63) is 54.9 Å². The normalized spacial score (nSPS) is 10.6. The molecule has 0 aliphatic heterocycles. The number of pyridine rings is 2. The largest absolute Gasteiger partial charge is 0.415 e. The molecular formula is C19H19N3O2. The number of fused-ring (bicyclic) bond motifs is 1. The molecule has 0 fully saturated rings. The van der Waals surface area contributed by atoms with Gasteiger partial charge in [-0.3, -0.25) is 4.98 Å². The first-order valence-electron chi connectivity index (χ1n) is 7.99. The number of amides is 1. The van der Waals surface area contributed by atoms with Crippen LogP contribution in [-0.2, 0) is 0 Å². The number of rotatable bonds is 4. The molecule has 0 N–H and O–H groups in total. The van der Waals surface area contributed by atoms with E-state index in [1.807, 2.05) is 50.2 Å². The predicted molar refractivity (Wildman–Crippen MR) is 93.9 cm³/mol. The van der Waals surface area contributed by atoms with E-state index in [1.165, 1.54) is 0 Å². The van der Waals surface area contributed by atoms with E-state index in [1.54, 1.807) is 23.4 Å². The maximum Gasteiger partial charge on any atom is 0.415 e. The van der Waals surface area contributed by atoms with Crippen LogP contribution in [0.3, 0.4) is 0 Å². The highest BCUT2D eigenvalue weighted by atomic mass is 16.6. The van der Waals surface area contributed by atoms with E-state index in [0.29, 0.717) is 18.8 Å². The molecule has 1 amide bonds. The Morgan fingerprint density at radius 3 is 2.50 bits per heavy atom. The quantitative estimate of drug-likeness (QED) is 0.725. The Morgan fingerprint density at radius 2 is 1.79 bits per heavy atom. The zero-order valence-electron chi connectivity index (χ0n) is 13.8.